The number of rotatable bonds is 7. The van der Waals surface area contributed by atoms with Crippen molar-refractivity contribution in [3.05, 3.63) is 29.8 Å². The second-order valence-corrected chi connectivity index (χ2v) is 7.36. The first-order valence-corrected chi connectivity index (χ1v) is 8.80. The maximum absolute atomic E-state index is 12.3. The van der Waals surface area contributed by atoms with Crippen LogP contribution in [0, 0.1) is 0 Å². The number of hydrogen-bond acceptors (Lipinski definition) is 2. The van der Waals surface area contributed by atoms with Gasteiger partial charge in [0.15, 0.2) is 0 Å². The van der Waals surface area contributed by atoms with E-state index in [4.69, 9.17) is 0 Å². The topological polar surface area (TPSA) is 40.6 Å². The number of amides is 2. The Morgan fingerprint density at radius 2 is 1.71 bits per heavy atom. The van der Waals surface area contributed by atoms with E-state index in [1.165, 1.54) is 0 Å². The van der Waals surface area contributed by atoms with E-state index in [9.17, 15) is 9.59 Å². The highest BCUT2D eigenvalue weighted by molar-refractivity contribution is 5.93. The molecular formula is C20H32N2O2. The van der Waals surface area contributed by atoms with Crippen LogP contribution in [0.3, 0.4) is 0 Å². The summed E-state index contributed by atoms with van der Waals surface area (Å²) in [6.07, 6.45) is 2.42. The standard InChI is InChI=1S/C20H32N2O2/c1-7-8-14-21(6)19(24)13-15-22(16(2)23)18-12-10-9-11-17(18)20(3,4)5/h9-12H,7-8,13-15H2,1-6H3. The summed E-state index contributed by atoms with van der Waals surface area (Å²) in [5.74, 6) is 0.0543. The van der Waals surface area contributed by atoms with Crippen LogP contribution in [-0.2, 0) is 15.0 Å². The first-order valence-electron chi connectivity index (χ1n) is 8.80. The van der Waals surface area contributed by atoms with Crippen LogP contribution in [-0.4, -0.2) is 36.9 Å². The molecule has 0 fully saturated rings. The van der Waals surface area contributed by atoms with Gasteiger partial charge in [0.25, 0.3) is 0 Å². The number of carbonyl (C=O) groups is 2. The number of hydrogen-bond donors (Lipinski definition) is 0. The molecule has 0 aromatic heterocycles. The van der Waals surface area contributed by atoms with E-state index in [1.54, 1.807) is 16.7 Å². The lowest BCUT2D eigenvalue weighted by Gasteiger charge is -2.30. The number of benzene rings is 1. The van der Waals surface area contributed by atoms with Crippen molar-refractivity contribution >= 4 is 17.5 Å². The third kappa shape index (κ3) is 5.66. The zero-order valence-electron chi connectivity index (χ0n) is 16.1. The second kappa shape index (κ2) is 8.86. The Morgan fingerprint density at radius 3 is 2.25 bits per heavy atom. The van der Waals surface area contributed by atoms with Gasteiger partial charge in [0, 0.05) is 39.2 Å². The second-order valence-electron chi connectivity index (χ2n) is 7.36. The van der Waals surface area contributed by atoms with Gasteiger partial charge in [-0.25, -0.2) is 0 Å². The van der Waals surface area contributed by atoms with Crippen molar-refractivity contribution in [1.29, 1.82) is 0 Å². The molecule has 0 aliphatic heterocycles. The van der Waals surface area contributed by atoms with Gasteiger partial charge in [0.05, 0.1) is 0 Å². The lowest BCUT2D eigenvalue weighted by molar-refractivity contribution is -0.129. The van der Waals surface area contributed by atoms with Crippen molar-refractivity contribution in [2.45, 2.75) is 59.3 Å². The van der Waals surface area contributed by atoms with Crippen LogP contribution in [0.4, 0.5) is 5.69 Å². The summed E-state index contributed by atoms with van der Waals surface area (Å²) in [7, 11) is 1.83. The molecule has 2 amide bonds. The molecule has 0 atom stereocenters. The quantitative estimate of drug-likeness (QED) is 0.757. The fourth-order valence-corrected chi connectivity index (χ4v) is 2.71. The molecule has 0 aliphatic carbocycles. The number of unbranched alkanes of at least 4 members (excludes halogenated alkanes) is 1. The van der Waals surface area contributed by atoms with Crippen LogP contribution in [0.1, 0.15) is 59.4 Å². The van der Waals surface area contributed by atoms with Crippen LogP contribution in [0.25, 0.3) is 0 Å². The predicted molar refractivity (Wildman–Crippen MR) is 100 cm³/mol. The molecule has 24 heavy (non-hydrogen) atoms. The highest BCUT2D eigenvalue weighted by atomic mass is 16.2. The molecule has 0 saturated carbocycles. The minimum Gasteiger partial charge on any atom is -0.346 e. The first kappa shape index (κ1) is 20.2. The third-order valence-electron chi connectivity index (χ3n) is 4.21. The number of anilines is 1. The number of para-hydroxylation sites is 1. The molecule has 134 valence electrons. The van der Waals surface area contributed by atoms with Crippen LogP contribution in [0.15, 0.2) is 24.3 Å². The van der Waals surface area contributed by atoms with Gasteiger partial charge in [-0.2, -0.15) is 0 Å². The van der Waals surface area contributed by atoms with E-state index in [2.05, 4.69) is 33.8 Å². The lowest BCUT2D eigenvalue weighted by Crippen LogP contribution is -2.36. The fourth-order valence-electron chi connectivity index (χ4n) is 2.71. The zero-order valence-corrected chi connectivity index (χ0v) is 16.1. The van der Waals surface area contributed by atoms with E-state index in [-0.39, 0.29) is 17.2 Å². The molecule has 4 nitrogen and oxygen atoms in total. The van der Waals surface area contributed by atoms with Gasteiger partial charge in [-0.3, -0.25) is 9.59 Å². The van der Waals surface area contributed by atoms with Crippen LogP contribution in [0.5, 0.6) is 0 Å². The zero-order chi connectivity index (χ0) is 18.3. The van der Waals surface area contributed by atoms with E-state index in [0.717, 1.165) is 30.6 Å². The van der Waals surface area contributed by atoms with Crippen molar-refractivity contribution in [3.63, 3.8) is 0 Å². The molecule has 0 N–H and O–H groups in total. The molecule has 4 heteroatoms. The Hall–Kier alpha value is -1.84. The van der Waals surface area contributed by atoms with Gasteiger partial charge in [-0.05, 0) is 23.5 Å². The molecule has 0 heterocycles. The molecule has 0 saturated heterocycles. The summed E-state index contributed by atoms with van der Waals surface area (Å²) in [6, 6.07) is 7.95. The molecule has 0 spiro atoms. The van der Waals surface area contributed by atoms with Gasteiger partial charge < -0.3 is 9.80 Å². The summed E-state index contributed by atoms with van der Waals surface area (Å²) < 4.78 is 0. The van der Waals surface area contributed by atoms with Crippen LogP contribution in [0.2, 0.25) is 0 Å². The Balaban J connectivity index is 2.90. The highest BCUT2D eigenvalue weighted by Gasteiger charge is 2.23. The van der Waals surface area contributed by atoms with Gasteiger partial charge >= 0.3 is 0 Å². The Morgan fingerprint density at radius 1 is 1.08 bits per heavy atom. The predicted octanol–water partition coefficient (Wildman–Crippen LogP) is 3.99. The largest absolute Gasteiger partial charge is 0.346 e. The highest BCUT2D eigenvalue weighted by Crippen LogP contribution is 2.32. The van der Waals surface area contributed by atoms with Gasteiger partial charge in [-0.15, -0.1) is 0 Å². The maximum Gasteiger partial charge on any atom is 0.224 e. The minimum atomic E-state index is -0.0633. The Kier molecular flexibility index (Phi) is 7.46. The van der Waals surface area contributed by atoms with E-state index >= 15 is 0 Å². The SMILES string of the molecule is CCCCN(C)C(=O)CCN(C(C)=O)c1ccccc1C(C)(C)C. The molecule has 0 radical (unpaired) electrons. The summed E-state index contributed by atoms with van der Waals surface area (Å²) >= 11 is 0. The van der Waals surface area contributed by atoms with Crippen molar-refractivity contribution < 1.29 is 9.59 Å². The van der Waals surface area contributed by atoms with Crippen molar-refractivity contribution in [1.82, 2.24) is 4.90 Å². The van der Waals surface area contributed by atoms with Crippen LogP contribution >= 0.6 is 0 Å². The lowest BCUT2D eigenvalue weighted by atomic mass is 9.85. The molecule has 1 aromatic carbocycles. The summed E-state index contributed by atoms with van der Waals surface area (Å²) in [4.78, 5) is 27.9. The van der Waals surface area contributed by atoms with E-state index in [0.29, 0.717) is 13.0 Å². The normalized spacial score (nSPS) is 11.2. The summed E-state index contributed by atoms with van der Waals surface area (Å²) in [6.45, 7) is 11.3. The summed E-state index contributed by atoms with van der Waals surface area (Å²) in [5.41, 5.74) is 1.96. The number of nitrogens with zero attached hydrogens (tertiary/aromatic N) is 2. The molecule has 0 bridgehead atoms. The van der Waals surface area contributed by atoms with Crippen molar-refractivity contribution in [2.75, 3.05) is 25.0 Å². The first-order chi connectivity index (χ1) is 11.2. The molecule has 1 rings (SSSR count). The van der Waals surface area contributed by atoms with Crippen molar-refractivity contribution in [2.24, 2.45) is 0 Å². The average Bonchev–Trinajstić information content (AvgIpc) is 2.51. The van der Waals surface area contributed by atoms with E-state index in [1.807, 2.05) is 25.2 Å². The minimum absolute atomic E-state index is 0.0317. The summed E-state index contributed by atoms with van der Waals surface area (Å²) in [5, 5.41) is 0. The van der Waals surface area contributed by atoms with Gasteiger partial charge in [0.2, 0.25) is 11.8 Å². The molecule has 1 aromatic rings. The molecule has 0 unspecified atom stereocenters. The van der Waals surface area contributed by atoms with E-state index < -0.39 is 0 Å². The van der Waals surface area contributed by atoms with Crippen LogP contribution < -0.4 is 4.90 Å². The average molecular weight is 332 g/mol. The number of carbonyl (C=O) groups excluding carboxylic acids is 2. The monoisotopic (exact) mass is 332 g/mol. The fraction of sp³-hybridized carbons (Fsp3) is 0.600. The Bertz CT molecular complexity index is 561. The third-order valence-corrected chi connectivity index (χ3v) is 4.21. The molecule has 0 aliphatic rings. The maximum atomic E-state index is 12.3. The molecular weight excluding hydrogens is 300 g/mol. The van der Waals surface area contributed by atoms with Crippen molar-refractivity contribution in [3.8, 4) is 0 Å². The van der Waals surface area contributed by atoms with Gasteiger partial charge in [0.1, 0.15) is 0 Å². The Labute approximate surface area is 146 Å². The van der Waals surface area contributed by atoms with Gasteiger partial charge in [-0.1, -0.05) is 52.3 Å². The smallest absolute Gasteiger partial charge is 0.224 e.